The van der Waals surface area contributed by atoms with Gasteiger partial charge in [-0.1, -0.05) is 19.4 Å². The number of urea groups is 1. The highest BCUT2D eigenvalue weighted by atomic mass is 19.1. The maximum atomic E-state index is 13.0. The summed E-state index contributed by atoms with van der Waals surface area (Å²) in [4.78, 5) is 11.6. The summed E-state index contributed by atoms with van der Waals surface area (Å²) in [5, 5.41) is 5.45. The Morgan fingerprint density at radius 2 is 2.18 bits per heavy atom. The maximum absolute atomic E-state index is 13.0. The van der Waals surface area contributed by atoms with Crippen molar-refractivity contribution >= 4 is 11.7 Å². The van der Waals surface area contributed by atoms with Crippen molar-refractivity contribution in [1.29, 1.82) is 0 Å². The lowest BCUT2D eigenvalue weighted by molar-refractivity contribution is 0.248. The second-order valence-electron chi connectivity index (χ2n) is 4.25. The molecule has 0 aromatic heterocycles. The molecule has 0 unspecified atom stereocenters. The smallest absolute Gasteiger partial charge is 0.319 e. The van der Waals surface area contributed by atoms with Gasteiger partial charge in [-0.3, -0.25) is 0 Å². The van der Waals surface area contributed by atoms with Crippen molar-refractivity contribution in [3.05, 3.63) is 29.6 Å². The number of benzene rings is 1. The van der Waals surface area contributed by atoms with E-state index in [1.54, 1.807) is 6.07 Å². The minimum absolute atomic E-state index is 0.119. The summed E-state index contributed by atoms with van der Waals surface area (Å²) in [6, 6.07) is 4.16. The standard InChI is InChI=1S/C13H19FN2O/c1-4-5-10(3)15-13(17)16-12-8-11(14)7-6-9(12)2/h6-8,10H,4-5H2,1-3H3,(H2,15,16,17)/t10-/m0/s1. The van der Waals surface area contributed by atoms with E-state index in [0.29, 0.717) is 5.69 Å². The van der Waals surface area contributed by atoms with Crippen LogP contribution in [0.4, 0.5) is 14.9 Å². The molecule has 3 nitrogen and oxygen atoms in total. The molecule has 0 spiro atoms. The normalized spacial score (nSPS) is 12.0. The first-order valence-corrected chi connectivity index (χ1v) is 5.86. The number of carbonyl (C=O) groups is 1. The van der Waals surface area contributed by atoms with E-state index in [-0.39, 0.29) is 17.9 Å². The van der Waals surface area contributed by atoms with E-state index in [4.69, 9.17) is 0 Å². The first-order chi connectivity index (χ1) is 8.02. The summed E-state index contributed by atoms with van der Waals surface area (Å²) >= 11 is 0. The Kier molecular flexibility index (Phi) is 4.94. The second kappa shape index (κ2) is 6.23. The minimum Gasteiger partial charge on any atom is -0.335 e. The van der Waals surface area contributed by atoms with Gasteiger partial charge in [0.15, 0.2) is 0 Å². The zero-order chi connectivity index (χ0) is 12.8. The van der Waals surface area contributed by atoms with Gasteiger partial charge < -0.3 is 10.6 Å². The number of hydrogen-bond donors (Lipinski definition) is 2. The van der Waals surface area contributed by atoms with Gasteiger partial charge in [0.25, 0.3) is 0 Å². The lowest BCUT2D eigenvalue weighted by Crippen LogP contribution is -2.36. The summed E-state index contributed by atoms with van der Waals surface area (Å²) in [6.07, 6.45) is 1.94. The number of halogens is 1. The molecule has 0 saturated heterocycles. The van der Waals surface area contributed by atoms with Crippen LogP contribution in [-0.2, 0) is 0 Å². The van der Waals surface area contributed by atoms with Crippen molar-refractivity contribution in [3.8, 4) is 0 Å². The van der Waals surface area contributed by atoms with Crippen LogP contribution >= 0.6 is 0 Å². The Bertz CT molecular complexity index is 393. The molecule has 1 aromatic carbocycles. The van der Waals surface area contributed by atoms with Crippen molar-refractivity contribution in [1.82, 2.24) is 5.32 Å². The van der Waals surface area contributed by atoms with Crippen LogP contribution in [0.5, 0.6) is 0 Å². The summed E-state index contributed by atoms with van der Waals surface area (Å²) in [5.74, 6) is -0.354. The van der Waals surface area contributed by atoms with Gasteiger partial charge in [0.1, 0.15) is 5.82 Å². The van der Waals surface area contributed by atoms with Crippen LogP contribution in [0.2, 0.25) is 0 Å². The number of rotatable bonds is 4. The predicted octanol–water partition coefficient (Wildman–Crippen LogP) is 3.44. The molecule has 0 fully saturated rings. The van der Waals surface area contributed by atoms with E-state index < -0.39 is 0 Å². The predicted molar refractivity (Wildman–Crippen MR) is 67.7 cm³/mol. The molecule has 2 N–H and O–H groups in total. The number of anilines is 1. The highest BCUT2D eigenvalue weighted by Crippen LogP contribution is 2.15. The number of carbonyl (C=O) groups excluding carboxylic acids is 1. The van der Waals surface area contributed by atoms with Crippen LogP contribution in [0, 0.1) is 12.7 Å². The Hall–Kier alpha value is -1.58. The van der Waals surface area contributed by atoms with E-state index in [9.17, 15) is 9.18 Å². The van der Waals surface area contributed by atoms with Crippen molar-refractivity contribution in [2.75, 3.05) is 5.32 Å². The highest BCUT2D eigenvalue weighted by molar-refractivity contribution is 5.90. The Balaban J connectivity index is 2.58. The molecule has 0 radical (unpaired) electrons. The molecule has 0 aliphatic rings. The Labute approximate surface area is 101 Å². The van der Waals surface area contributed by atoms with Gasteiger partial charge in [-0.2, -0.15) is 0 Å². The molecular weight excluding hydrogens is 219 g/mol. The SMILES string of the molecule is CCC[C@H](C)NC(=O)Nc1cc(F)ccc1C. The zero-order valence-electron chi connectivity index (χ0n) is 10.5. The third-order valence-electron chi connectivity index (χ3n) is 2.55. The minimum atomic E-state index is -0.354. The van der Waals surface area contributed by atoms with Gasteiger partial charge in [0, 0.05) is 11.7 Å². The maximum Gasteiger partial charge on any atom is 0.319 e. The first kappa shape index (κ1) is 13.5. The van der Waals surface area contributed by atoms with Crippen LogP contribution in [-0.4, -0.2) is 12.1 Å². The van der Waals surface area contributed by atoms with E-state index in [1.807, 2.05) is 13.8 Å². The van der Waals surface area contributed by atoms with Crippen LogP contribution in [0.1, 0.15) is 32.3 Å². The van der Waals surface area contributed by atoms with Gasteiger partial charge in [0.2, 0.25) is 0 Å². The molecule has 1 atom stereocenters. The lowest BCUT2D eigenvalue weighted by atomic mass is 10.2. The third kappa shape index (κ3) is 4.43. The van der Waals surface area contributed by atoms with Gasteiger partial charge in [0.05, 0.1) is 0 Å². The number of aryl methyl sites for hydroxylation is 1. The highest BCUT2D eigenvalue weighted by Gasteiger charge is 2.08. The van der Waals surface area contributed by atoms with Gasteiger partial charge >= 0.3 is 6.03 Å². The lowest BCUT2D eigenvalue weighted by Gasteiger charge is -2.14. The van der Waals surface area contributed by atoms with Gasteiger partial charge in [-0.15, -0.1) is 0 Å². The fourth-order valence-electron chi connectivity index (χ4n) is 1.62. The third-order valence-corrected chi connectivity index (χ3v) is 2.55. The Morgan fingerprint density at radius 1 is 1.47 bits per heavy atom. The van der Waals surface area contributed by atoms with Gasteiger partial charge in [-0.25, -0.2) is 9.18 Å². The largest absolute Gasteiger partial charge is 0.335 e. The van der Waals surface area contributed by atoms with E-state index >= 15 is 0 Å². The van der Waals surface area contributed by atoms with Crippen molar-refractivity contribution < 1.29 is 9.18 Å². The topological polar surface area (TPSA) is 41.1 Å². The summed E-state index contributed by atoms with van der Waals surface area (Å²) in [5.41, 5.74) is 1.34. The average molecular weight is 238 g/mol. The molecule has 4 heteroatoms. The van der Waals surface area contributed by atoms with Crippen LogP contribution in [0.3, 0.4) is 0 Å². The van der Waals surface area contributed by atoms with Crippen molar-refractivity contribution in [2.24, 2.45) is 0 Å². The molecule has 0 aliphatic carbocycles. The molecule has 0 aliphatic heterocycles. The molecule has 1 rings (SSSR count). The molecule has 0 saturated carbocycles. The molecule has 94 valence electrons. The fourth-order valence-corrected chi connectivity index (χ4v) is 1.62. The van der Waals surface area contributed by atoms with Crippen molar-refractivity contribution in [2.45, 2.75) is 39.7 Å². The number of nitrogens with one attached hydrogen (secondary N) is 2. The Morgan fingerprint density at radius 3 is 2.82 bits per heavy atom. The van der Waals surface area contributed by atoms with Crippen LogP contribution in [0.25, 0.3) is 0 Å². The quantitative estimate of drug-likeness (QED) is 0.828. The monoisotopic (exact) mass is 238 g/mol. The molecule has 2 amide bonds. The average Bonchev–Trinajstić information content (AvgIpc) is 2.23. The van der Waals surface area contributed by atoms with E-state index in [1.165, 1.54) is 12.1 Å². The van der Waals surface area contributed by atoms with E-state index in [2.05, 4.69) is 17.6 Å². The van der Waals surface area contributed by atoms with Crippen molar-refractivity contribution in [3.63, 3.8) is 0 Å². The second-order valence-corrected chi connectivity index (χ2v) is 4.25. The summed E-state index contributed by atoms with van der Waals surface area (Å²) < 4.78 is 13.0. The number of amides is 2. The molecule has 0 bridgehead atoms. The fraction of sp³-hybridized carbons (Fsp3) is 0.462. The first-order valence-electron chi connectivity index (χ1n) is 5.86. The van der Waals surface area contributed by atoms with Crippen LogP contribution < -0.4 is 10.6 Å². The molecular formula is C13H19FN2O. The van der Waals surface area contributed by atoms with Gasteiger partial charge in [-0.05, 0) is 38.0 Å². The van der Waals surface area contributed by atoms with E-state index in [0.717, 1.165) is 18.4 Å². The molecule has 0 heterocycles. The molecule has 1 aromatic rings. The molecule has 17 heavy (non-hydrogen) atoms. The van der Waals surface area contributed by atoms with Crippen LogP contribution in [0.15, 0.2) is 18.2 Å². The summed E-state index contributed by atoms with van der Waals surface area (Å²) in [6.45, 7) is 5.83. The summed E-state index contributed by atoms with van der Waals surface area (Å²) in [7, 11) is 0. The zero-order valence-corrected chi connectivity index (χ0v) is 10.5. The number of hydrogen-bond acceptors (Lipinski definition) is 1.